The lowest BCUT2D eigenvalue weighted by Crippen LogP contribution is -2.35. The van der Waals surface area contributed by atoms with E-state index in [-0.39, 0.29) is 11.8 Å². The Kier molecular flexibility index (Phi) is 2.83. The van der Waals surface area contributed by atoms with Crippen molar-refractivity contribution >= 4 is 5.78 Å². The van der Waals surface area contributed by atoms with Crippen LogP contribution in [-0.2, 0) is 4.79 Å². The third-order valence-electron chi connectivity index (χ3n) is 1.79. The zero-order chi connectivity index (χ0) is 7.40. The summed E-state index contributed by atoms with van der Waals surface area (Å²) in [5.74, 6) is 0.253. The molecule has 1 unspecified atom stereocenters. The minimum atomic E-state index is 0.0926. The number of carbonyl (C=O) groups excluding carboxylic acids is 1. The first-order valence-corrected chi connectivity index (χ1v) is 3.75. The summed E-state index contributed by atoms with van der Waals surface area (Å²) in [6.45, 7) is 4.48. The van der Waals surface area contributed by atoms with Gasteiger partial charge in [-0.05, 0) is 19.9 Å². The first-order chi connectivity index (χ1) is 4.80. The molecule has 0 aromatic heterocycles. The molecule has 0 bridgehead atoms. The van der Waals surface area contributed by atoms with Gasteiger partial charge in [0.2, 0.25) is 0 Å². The van der Waals surface area contributed by atoms with E-state index in [1.807, 2.05) is 0 Å². The quantitative estimate of drug-likeness (QED) is 0.520. The number of hydrogen-bond donors (Lipinski definition) is 2. The van der Waals surface area contributed by atoms with Crippen molar-refractivity contribution in [2.75, 3.05) is 19.6 Å². The molecule has 0 saturated carbocycles. The minimum Gasteiger partial charge on any atom is -0.315 e. The van der Waals surface area contributed by atoms with Crippen LogP contribution < -0.4 is 10.6 Å². The number of rotatable bonds is 1. The van der Waals surface area contributed by atoms with E-state index in [4.69, 9.17) is 0 Å². The van der Waals surface area contributed by atoms with Crippen molar-refractivity contribution in [3.05, 3.63) is 0 Å². The Balaban J connectivity index is 2.35. The molecule has 1 aliphatic rings. The SMILES string of the molecule is CC(=O)C1CCNCCN1. The highest BCUT2D eigenvalue weighted by Gasteiger charge is 2.14. The van der Waals surface area contributed by atoms with Crippen LogP contribution in [0.4, 0.5) is 0 Å². The van der Waals surface area contributed by atoms with Gasteiger partial charge in [0, 0.05) is 13.1 Å². The van der Waals surface area contributed by atoms with Crippen molar-refractivity contribution in [1.29, 1.82) is 0 Å². The molecule has 1 aliphatic heterocycles. The van der Waals surface area contributed by atoms with Gasteiger partial charge >= 0.3 is 0 Å². The van der Waals surface area contributed by atoms with Crippen LogP contribution in [-0.4, -0.2) is 31.5 Å². The van der Waals surface area contributed by atoms with Crippen molar-refractivity contribution in [1.82, 2.24) is 10.6 Å². The number of ketones is 1. The molecule has 1 fully saturated rings. The number of carbonyl (C=O) groups is 1. The second kappa shape index (κ2) is 3.68. The molecule has 58 valence electrons. The summed E-state index contributed by atoms with van der Waals surface area (Å²) in [7, 11) is 0. The highest BCUT2D eigenvalue weighted by atomic mass is 16.1. The Hall–Kier alpha value is -0.410. The summed E-state index contributed by atoms with van der Waals surface area (Å²) in [5.41, 5.74) is 0. The standard InChI is InChI=1S/C7H14N2O/c1-6(10)7-2-3-8-4-5-9-7/h7-9H,2-5H2,1H3. The van der Waals surface area contributed by atoms with Crippen molar-refractivity contribution in [3.63, 3.8) is 0 Å². The smallest absolute Gasteiger partial charge is 0.146 e. The fourth-order valence-electron chi connectivity index (χ4n) is 1.16. The molecule has 1 heterocycles. The molecule has 3 heteroatoms. The molecular formula is C7H14N2O. The van der Waals surface area contributed by atoms with Gasteiger partial charge in [0.1, 0.15) is 5.78 Å². The molecule has 1 atom stereocenters. The highest BCUT2D eigenvalue weighted by molar-refractivity contribution is 5.81. The van der Waals surface area contributed by atoms with Crippen molar-refractivity contribution in [2.45, 2.75) is 19.4 Å². The third kappa shape index (κ3) is 2.08. The normalized spacial score (nSPS) is 27.5. The molecule has 10 heavy (non-hydrogen) atoms. The molecule has 0 aromatic rings. The van der Waals surface area contributed by atoms with Crippen LogP contribution in [0.1, 0.15) is 13.3 Å². The monoisotopic (exact) mass is 142 g/mol. The zero-order valence-electron chi connectivity index (χ0n) is 6.31. The van der Waals surface area contributed by atoms with E-state index < -0.39 is 0 Å². The van der Waals surface area contributed by atoms with Crippen LogP contribution in [0.2, 0.25) is 0 Å². The molecule has 0 aromatic carbocycles. The van der Waals surface area contributed by atoms with E-state index in [1.54, 1.807) is 6.92 Å². The summed E-state index contributed by atoms with van der Waals surface area (Å²) >= 11 is 0. The Morgan fingerprint density at radius 2 is 2.20 bits per heavy atom. The van der Waals surface area contributed by atoms with Gasteiger partial charge in [-0.3, -0.25) is 4.79 Å². The summed E-state index contributed by atoms with van der Waals surface area (Å²) in [5, 5.41) is 6.39. The number of Topliss-reactive ketones (excluding diaryl/α,β-unsaturated/α-hetero) is 1. The van der Waals surface area contributed by atoms with Gasteiger partial charge in [-0.2, -0.15) is 0 Å². The predicted molar refractivity (Wildman–Crippen MR) is 40.0 cm³/mol. The molecule has 0 aliphatic carbocycles. The molecule has 0 amide bonds. The first-order valence-electron chi connectivity index (χ1n) is 3.75. The summed E-state index contributed by atoms with van der Waals surface area (Å²) < 4.78 is 0. The van der Waals surface area contributed by atoms with Crippen LogP contribution in [0.3, 0.4) is 0 Å². The van der Waals surface area contributed by atoms with Crippen LogP contribution in [0.15, 0.2) is 0 Å². The maximum atomic E-state index is 10.9. The van der Waals surface area contributed by atoms with Gasteiger partial charge in [0.15, 0.2) is 0 Å². The maximum Gasteiger partial charge on any atom is 0.146 e. The molecule has 0 radical (unpaired) electrons. The van der Waals surface area contributed by atoms with E-state index in [9.17, 15) is 4.79 Å². The van der Waals surface area contributed by atoms with E-state index in [2.05, 4.69) is 10.6 Å². The molecule has 1 saturated heterocycles. The van der Waals surface area contributed by atoms with Gasteiger partial charge in [0.25, 0.3) is 0 Å². The second-order valence-corrected chi connectivity index (χ2v) is 2.66. The Labute approximate surface area is 61.2 Å². The van der Waals surface area contributed by atoms with Crippen molar-refractivity contribution in [2.24, 2.45) is 0 Å². The van der Waals surface area contributed by atoms with Crippen LogP contribution >= 0.6 is 0 Å². The summed E-state index contributed by atoms with van der Waals surface area (Å²) in [6.07, 6.45) is 0.926. The molecule has 3 nitrogen and oxygen atoms in total. The minimum absolute atomic E-state index is 0.0926. The lowest BCUT2D eigenvalue weighted by Gasteiger charge is -2.09. The predicted octanol–water partition coefficient (Wildman–Crippen LogP) is -0.473. The molecular weight excluding hydrogens is 128 g/mol. The largest absolute Gasteiger partial charge is 0.315 e. The fourth-order valence-corrected chi connectivity index (χ4v) is 1.16. The number of nitrogens with one attached hydrogen (secondary N) is 2. The Morgan fingerprint density at radius 1 is 1.40 bits per heavy atom. The lowest BCUT2D eigenvalue weighted by atomic mass is 10.1. The molecule has 1 rings (SSSR count). The maximum absolute atomic E-state index is 10.9. The first kappa shape index (κ1) is 7.69. The van der Waals surface area contributed by atoms with Crippen LogP contribution in [0.25, 0.3) is 0 Å². The van der Waals surface area contributed by atoms with E-state index in [0.29, 0.717) is 0 Å². The van der Waals surface area contributed by atoms with Gasteiger partial charge < -0.3 is 10.6 Å². The average Bonchev–Trinajstić information content (AvgIpc) is 2.12. The van der Waals surface area contributed by atoms with Crippen molar-refractivity contribution < 1.29 is 4.79 Å². The average molecular weight is 142 g/mol. The lowest BCUT2D eigenvalue weighted by molar-refractivity contribution is -0.119. The zero-order valence-corrected chi connectivity index (χ0v) is 6.31. The van der Waals surface area contributed by atoms with Gasteiger partial charge in [0.05, 0.1) is 6.04 Å². The highest BCUT2D eigenvalue weighted by Crippen LogP contribution is 1.94. The van der Waals surface area contributed by atoms with Crippen LogP contribution in [0.5, 0.6) is 0 Å². The fraction of sp³-hybridized carbons (Fsp3) is 0.857. The van der Waals surface area contributed by atoms with Gasteiger partial charge in [-0.1, -0.05) is 0 Å². The van der Waals surface area contributed by atoms with Crippen LogP contribution in [0, 0.1) is 0 Å². The topological polar surface area (TPSA) is 41.1 Å². The van der Waals surface area contributed by atoms with E-state index in [0.717, 1.165) is 26.1 Å². The van der Waals surface area contributed by atoms with Gasteiger partial charge in [-0.25, -0.2) is 0 Å². The summed E-state index contributed by atoms with van der Waals surface area (Å²) in [4.78, 5) is 10.9. The summed E-state index contributed by atoms with van der Waals surface area (Å²) in [6, 6.07) is 0.0926. The Bertz CT molecular complexity index is 117. The number of hydrogen-bond acceptors (Lipinski definition) is 3. The molecule has 2 N–H and O–H groups in total. The third-order valence-corrected chi connectivity index (χ3v) is 1.79. The Morgan fingerprint density at radius 3 is 2.90 bits per heavy atom. The van der Waals surface area contributed by atoms with Gasteiger partial charge in [-0.15, -0.1) is 0 Å². The van der Waals surface area contributed by atoms with E-state index in [1.165, 1.54) is 0 Å². The molecule has 0 spiro atoms. The van der Waals surface area contributed by atoms with E-state index >= 15 is 0 Å². The second-order valence-electron chi connectivity index (χ2n) is 2.66. The van der Waals surface area contributed by atoms with Crippen molar-refractivity contribution in [3.8, 4) is 0 Å².